The van der Waals surface area contributed by atoms with E-state index in [-0.39, 0.29) is 5.91 Å². The average molecular weight is 286 g/mol. The van der Waals surface area contributed by atoms with Crippen molar-refractivity contribution in [2.75, 3.05) is 6.61 Å². The fourth-order valence-corrected chi connectivity index (χ4v) is 2.31. The summed E-state index contributed by atoms with van der Waals surface area (Å²) in [5.74, 6) is 0.565. The average Bonchev–Trinajstić information content (AvgIpc) is 2.45. The summed E-state index contributed by atoms with van der Waals surface area (Å²) in [6.07, 6.45) is 3.13. The molecular weight excluding hydrogens is 264 g/mol. The van der Waals surface area contributed by atoms with Gasteiger partial charge in [0.05, 0.1) is 12.1 Å². The number of unbranched alkanes of at least 4 members (excludes halogenated alkanes) is 1. The molecule has 1 aromatic heterocycles. The van der Waals surface area contributed by atoms with E-state index in [1.807, 2.05) is 31.2 Å². The van der Waals surface area contributed by atoms with E-state index in [4.69, 9.17) is 10.5 Å². The summed E-state index contributed by atoms with van der Waals surface area (Å²) in [7, 11) is 0. The number of rotatable bonds is 7. The Kier molecular flexibility index (Phi) is 5.14. The minimum absolute atomic E-state index is 0.284. The van der Waals surface area contributed by atoms with Crippen molar-refractivity contribution in [1.82, 2.24) is 4.98 Å². The summed E-state index contributed by atoms with van der Waals surface area (Å²) in [4.78, 5) is 15.5. The normalized spacial score (nSPS) is 10.8. The molecule has 0 aliphatic carbocycles. The first-order valence-electron chi connectivity index (χ1n) is 7.41. The predicted octanol–water partition coefficient (Wildman–Crippen LogP) is 3.14. The number of benzene rings is 1. The highest BCUT2D eigenvalue weighted by Crippen LogP contribution is 2.25. The van der Waals surface area contributed by atoms with Crippen LogP contribution in [0.1, 0.15) is 37.4 Å². The van der Waals surface area contributed by atoms with Gasteiger partial charge in [0.1, 0.15) is 5.75 Å². The van der Waals surface area contributed by atoms with Crippen LogP contribution in [0.5, 0.6) is 5.75 Å². The molecule has 0 bridgehead atoms. The number of nitrogens with two attached hydrogens (primary N) is 1. The first-order valence-corrected chi connectivity index (χ1v) is 7.41. The molecule has 0 aliphatic rings. The Hall–Kier alpha value is -2.10. The van der Waals surface area contributed by atoms with Gasteiger partial charge in [-0.2, -0.15) is 0 Å². The van der Waals surface area contributed by atoms with E-state index in [9.17, 15) is 4.79 Å². The van der Waals surface area contributed by atoms with Crippen molar-refractivity contribution in [2.45, 2.75) is 39.5 Å². The highest BCUT2D eigenvalue weighted by Gasteiger charge is 2.07. The Balaban J connectivity index is 2.31. The fraction of sp³-hybridized carbons (Fsp3) is 0.412. The highest BCUT2D eigenvalue weighted by atomic mass is 16.5. The van der Waals surface area contributed by atoms with E-state index in [1.54, 1.807) is 0 Å². The van der Waals surface area contributed by atoms with Gasteiger partial charge >= 0.3 is 0 Å². The zero-order valence-corrected chi connectivity index (χ0v) is 12.7. The second-order valence-electron chi connectivity index (χ2n) is 5.27. The van der Waals surface area contributed by atoms with Gasteiger partial charge in [0.2, 0.25) is 5.91 Å². The molecule has 0 aliphatic heterocycles. The Labute approximate surface area is 125 Å². The lowest BCUT2D eigenvalue weighted by Crippen LogP contribution is -2.11. The molecule has 21 heavy (non-hydrogen) atoms. The molecule has 0 saturated carbocycles. The van der Waals surface area contributed by atoms with Crippen LogP contribution in [-0.4, -0.2) is 17.5 Å². The molecule has 112 valence electrons. The van der Waals surface area contributed by atoms with Gasteiger partial charge in [0.15, 0.2) is 0 Å². The lowest BCUT2D eigenvalue weighted by atomic mass is 10.0. The fourth-order valence-electron chi connectivity index (χ4n) is 2.31. The monoisotopic (exact) mass is 286 g/mol. The summed E-state index contributed by atoms with van der Waals surface area (Å²) >= 11 is 0. The number of primary amides is 1. The van der Waals surface area contributed by atoms with Gasteiger partial charge < -0.3 is 10.5 Å². The van der Waals surface area contributed by atoms with Crippen LogP contribution in [0.4, 0.5) is 0 Å². The van der Waals surface area contributed by atoms with Crippen LogP contribution in [-0.2, 0) is 11.2 Å². The minimum Gasteiger partial charge on any atom is -0.494 e. The molecule has 0 saturated heterocycles. The molecule has 4 heteroatoms. The van der Waals surface area contributed by atoms with E-state index in [1.165, 1.54) is 0 Å². The molecule has 1 aromatic carbocycles. The van der Waals surface area contributed by atoms with Crippen LogP contribution in [0.25, 0.3) is 10.9 Å². The molecule has 0 fully saturated rings. The lowest BCUT2D eigenvalue weighted by molar-refractivity contribution is -0.117. The molecule has 1 heterocycles. The zero-order chi connectivity index (χ0) is 15.2. The van der Waals surface area contributed by atoms with E-state index in [0.717, 1.165) is 47.4 Å². The number of aromatic nitrogens is 1. The van der Waals surface area contributed by atoms with E-state index in [2.05, 4.69) is 11.9 Å². The first kappa shape index (κ1) is 15.3. The van der Waals surface area contributed by atoms with Crippen LogP contribution >= 0.6 is 0 Å². The number of amides is 1. The lowest BCUT2D eigenvalue weighted by Gasteiger charge is -2.10. The van der Waals surface area contributed by atoms with Crippen molar-refractivity contribution in [3.63, 3.8) is 0 Å². The van der Waals surface area contributed by atoms with E-state index < -0.39 is 0 Å². The summed E-state index contributed by atoms with van der Waals surface area (Å²) in [6.45, 7) is 4.81. The molecule has 0 atom stereocenters. The molecule has 0 radical (unpaired) electrons. The van der Waals surface area contributed by atoms with Crippen molar-refractivity contribution < 1.29 is 9.53 Å². The maximum Gasteiger partial charge on any atom is 0.217 e. The number of nitrogens with zero attached hydrogens (tertiary/aromatic N) is 1. The second-order valence-corrected chi connectivity index (χ2v) is 5.27. The van der Waals surface area contributed by atoms with Crippen molar-refractivity contribution >= 4 is 16.8 Å². The van der Waals surface area contributed by atoms with Crippen molar-refractivity contribution in [2.24, 2.45) is 5.73 Å². The van der Waals surface area contributed by atoms with E-state index in [0.29, 0.717) is 12.8 Å². The Morgan fingerprint density at radius 1 is 1.33 bits per heavy atom. The third-order valence-electron chi connectivity index (χ3n) is 3.40. The van der Waals surface area contributed by atoms with E-state index >= 15 is 0 Å². The van der Waals surface area contributed by atoms with Gasteiger partial charge in [-0.1, -0.05) is 13.3 Å². The SMILES string of the molecule is CCCCOc1ccc2nc(C)cc(CCC(N)=O)c2c1. The van der Waals surface area contributed by atoms with Gasteiger partial charge in [-0.05, 0) is 49.6 Å². The van der Waals surface area contributed by atoms with Crippen LogP contribution < -0.4 is 10.5 Å². The molecule has 0 spiro atoms. The van der Waals surface area contributed by atoms with Gasteiger partial charge in [-0.25, -0.2) is 0 Å². The number of hydrogen-bond donors (Lipinski definition) is 1. The zero-order valence-electron chi connectivity index (χ0n) is 12.7. The number of fused-ring (bicyclic) bond motifs is 1. The second kappa shape index (κ2) is 7.07. The van der Waals surface area contributed by atoms with Gasteiger partial charge in [0.25, 0.3) is 0 Å². The Morgan fingerprint density at radius 3 is 2.86 bits per heavy atom. The Morgan fingerprint density at radius 2 is 2.14 bits per heavy atom. The smallest absolute Gasteiger partial charge is 0.217 e. The van der Waals surface area contributed by atoms with Crippen LogP contribution in [0.15, 0.2) is 24.3 Å². The summed E-state index contributed by atoms with van der Waals surface area (Å²) in [6, 6.07) is 7.94. The number of ether oxygens (including phenoxy) is 1. The molecule has 2 aromatic rings. The Bertz CT molecular complexity index is 638. The standard InChI is InChI=1S/C17H22N2O2/c1-3-4-9-21-14-6-7-16-15(11-14)13(5-8-17(18)20)10-12(2)19-16/h6-7,10-11H,3-5,8-9H2,1-2H3,(H2,18,20). The number of carbonyl (C=O) groups excluding carboxylic acids is 1. The van der Waals surface area contributed by atoms with Crippen LogP contribution in [0.3, 0.4) is 0 Å². The number of carbonyl (C=O) groups is 1. The van der Waals surface area contributed by atoms with Crippen LogP contribution in [0, 0.1) is 6.92 Å². The molecule has 2 N–H and O–H groups in total. The third kappa shape index (κ3) is 4.18. The molecule has 1 amide bonds. The first-order chi connectivity index (χ1) is 10.1. The van der Waals surface area contributed by atoms with Gasteiger partial charge in [-0.3, -0.25) is 9.78 Å². The predicted molar refractivity (Wildman–Crippen MR) is 84.4 cm³/mol. The number of aryl methyl sites for hydroxylation is 2. The highest BCUT2D eigenvalue weighted by molar-refractivity contribution is 5.84. The molecular formula is C17H22N2O2. The molecule has 4 nitrogen and oxygen atoms in total. The largest absolute Gasteiger partial charge is 0.494 e. The third-order valence-corrected chi connectivity index (χ3v) is 3.40. The summed E-state index contributed by atoms with van der Waals surface area (Å²) in [5, 5.41) is 1.04. The topological polar surface area (TPSA) is 65.2 Å². The van der Waals surface area contributed by atoms with Gasteiger partial charge in [0, 0.05) is 17.5 Å². The maximum absolute atomic E-state index is 11.0. The summed E-state index contributed by atoms with van der Waals surface area (Å²) in [5.41, 5.74) is 8.22. The number of pyridine rings is 1. The molecule has 0 unspecified atom stereocenters. The molecule has 2 rings (SSSR count). The number of hydrogen-bond acceptors (Lipinski definition) is 3. The van der Waals surface area contributed by atoms with Gasteiger partial charge in [-0.15, -0.1) is 0 Å². The van der Waals surface area contributed by atoms with Crippen molar-refractivity contribution in [3.05, 3.63) is 35.5 Å². The quantitative estimate of drug-likeness (QED) is 0.795. The van der Waals surface area contributed by atoms with Crippen molar-refractivity contribution in [1.29, 1.82) is 0 Å². The van der Waals surface area contributed by atoms with Crippen molar-refractivity contribution in [3.8, 4) is 5.75 Å². The summed E-state index contributed by atoms with van der Waals surface area (Å²) < 4.78 is 5.75. The minimum atomic E-state index is -0.284. The van der Waals surface area contributed by atoms with Crippen LogP contribution in [0.2, 0.25) is 0 Å². The maximum atomic E-state index is 11.0.